The predicted octanol–water partition coefficient (Wildman–Crippen LogP) is 8.84. The van der Waals surface area contributed by atoms with Crippen molar-refractivity contribution < 1.29 is 47.4 Å². The molecule has 4 aliphatic rings. The number of ketones is 2. The first-order chi connectivity index (χ1) is 29.1. The fourth-order valence-corrected chi connectivity index (χ4v) is 10.8. The monoisotopic (exact) mass is 865 g/mol. The van der Waals surface area contributed by atoms with Crippen molar-refractivity contribution in [2.45, 2.75) is 109 Å². The number of carbonyl (C=O) groups excluding carboxylic acids is 3. The molecular weight excluding hydrogens is 807 g/mol. The van der Waals surface area contributed by atoms with Crippen LogP contribution in [-0.2, 0) is 38.3 Å². The summed E-state index contributed by atoms with van der Waals surface area (Å²) in [5, 5.41) is 18.0. The highest BCUT2D eigenvalue weighted by Gasteiger charge is 2.69. The van der Waals surface area contributed by atoms with Crippen LogP contribution < -0.4 is 9.47 Å². The Labute approximate surface area is 364 Å². The summed E-state index contributed by atoms with van der Waals surface area (Å²) in [5.74, 6) is -2.43. The normalized spacial score (nSPS) is 23.1. The molecule has 4 aromatic rings. The van der Waals surface area contributed by atoms with Crippen LogP contribution >= 0.6 is 0 Å². The summed E-state index contributed by atoms with van der Waals surface area (Å²) >= 11 is 0. The van der Waals surface area contributed by atoms with Gasteiger partial charge in [-0.2, -0.15) is 0 Å². The van der Waals surface area contributed by atoms with Crippen molar-refractivity contribution in [2.75, 3.05) is 34.3 Å². The average molecular weight is 866 g/mol. The van der Waals surface area contributed by atoms with Gasteiger partial charge in [0.15, 0.2) is 25.4 Å². The van der Waals surface area contributed by atoms with Crippen LogP contribution in [0.5, 0.6) is 11.6 Å². The maximum absolute atomic E-state index is 16.0. The standard InChI is InChI=1S/C48H59N3O10Si/c1-46(2,3)59-45(55)58-40-33-19-28(23-51-24-32(25-51)56-9)17-18-29(33)20-30-21-31-22-34-38(50(7)8)41-37(44(49-60-41)57-26-27-15-13-12-14-16-27)43(54)48(34,61-62(10,11)47(4,5)6)42(53)36(31)39(52)35(30)40/h12-20,31-32,34,38,52H,21-26H2,1-11H3/t31-,34-,38-,48-/m0/s1. The molecule has 4 atom stereocenters. The minimum atomic E-state index is -2.97. The van der Waals surface area contributed by atoms with Crippen molar-refractivity contribution >= 4 is 42.6 Å². The molecule has 8 rings (SSSR count). The van der Waals surface area contributed by atoms with Gasteiger partial charge >= 0.3 is 6.16 Å². The van der Waals surface area contributed by atoms with Gasteiger partial charge in [0, 0.05) is 43.6 Å². The summed E-state index contributed by atoms with van der Waals surface area (Å²) in [6.45, 7) is 17.8. The zero-order valence-electron chi connectivity index (χ0n) is 37.7. The van der Waals surface area contributed by atoms with Crippen LogP contribution in [0.1, 0.15) is 92.4 Å². The Morgan fingerprint density at radius 3 is 2.34 bits per heavy atom. The molecule has 3 aromatic carbocycles. The summed E-state index contributed by atoms with van der Waals surface area (Å²) in [5.41, 5.74) is -0.0707. The summed E-state index contributed by atoms with van der Waals surface area (Å²) in [6.07, 6.45) is -0.151. The highest BCUT2D eigenvalue weighted by Crippen LogP contribution is 2.59. The van der Waals surface area contributed by atoms with E-state index >= 15 is 9.59 Å². The number of benzene rings is 3. The Hall–Kier alpha value is -4.86. The minimum absolute atomic E-state index is 0.0224. The van der Waals surface area contributed by atoms with Gasteiger partial charge in [-0.05, 0) is 105 Å². The molecule has 14 heteroatoms. The molecule has 1 saturated carbocycles. The van der Waals surface area contributed by atoms with Gasteiger partial charge in [0.1, 0.15) is 23.5 Å². The zero-order chi connectivity index (χ0) is 44.7. The number of hydrogen-bond acceptors (Lipinski definition) is 13. The molecular formula is C48H59N3O10Si. The molecule has 1 N–H and O–H groups in total. The third kappa shape index (κ3) is 7.57. The molecule has 0 amide bonds. The van der Waals surface area contributed by atoms with Crippen LogP contribution in [0.15, 0.2) is 64.7 Å². The van der Waals surface area contributed by atoms with E-state index in [0.717, 1.165) is 29.6 Å². The molecule has 2 fully saturated rings. The number of Topliss-reactive ketones (excluding diaryl/α,β-unsaturated/α-hetero) is 2. The van der Waals surface area contributed by atoms with E-state index in [4.69, 9.17) is 27.9 Å². The number of methoxy groups -OCH3 is 1. The maximum atomic E-state index is 16.0. The van der Waals surface area contributed by atoms with Gasteiger partial charge in [-0.1, -0.05) is 69.3 Å². The van der Waals surface area contributed by atoms with Crippen LogP contribution in [0.2, 0.25) is 18.1 Å². The van der Waals surface area contributed by atoms with Gasteiger partial charge in [-0.25, -0.2) is 4.79 Å². The van der Waals surface area contributed by atoms with Crippen LogP contribution in [0.4, 0.5) is 4.79 Å². The molecule has 0 radical (unpaired) electrons. The molecule has 330 valence electrons. The Kier molecular flexibility index (Phi) is 11.1. The maximum Gasteiger partial charge on any atom is 0.514 e. The van der Waals surface area contributed by atoms with Crippen LogP contribution in [0.25, 0.3) is 16.5 Å². The predicted molar refractivity (Wildman–Crippen MR) is 236 cm³/mol. The largest absolute Gasteiger partial charge is 0.514 e. The van der Waals surface area contributed by atoms with Gasteiger partial charge in [0.25, 0.3) is 5.88 Å². The second kappa shape index (κ2) is 15.7. The van der Waals surface area contributed by atoms with E-state index in [-0.39, 0.29) is 46.8 Å². The highest BCUT2D eigenvalue weighted by atomic mass is 28.4. The quantitative estimate of drug-likeness (QED) is 0.0701. The summed E-state index contributed by atoms with van der Waals surface area (Å²) in [6, 6.07) is 16.9. The van der Waals surface area contributed by atoms with Crippen LogP contribution in [-0.4, -0.2) is 97.7 Å². The third-order valence-corrected chi connectivity index (χ3v) is 17.8. The Morgan fingerprint density at radius 1 is 0.984 bits per heavy atom. The molecule has 0 spiro atoms. The number of aliphatic hydroxyl groups is 1. The first kappa shape index (κ1) is 43.8. The van der Waals surface area contributed by atoms with Crippen molar-refractivity contribution in [3.63, 3.8) is 0 Å². The van der Waals surface area contributed by atoms with Crippen molar-refractivity contribution in [2.24, 2.45) is 11.8 Å². The molecule has 62 heavy (non-hydrogen) atoms. The summed E-state index contributed by atoms with van der Waals surface area (Å²) < 4.78 is 36.8. The fraction of sp³-hybridized carbons (Fsp3) is 0.500. The zero-order valence-corrected chi connectivity index (χ0v) is 38.7. The molecule has 1 aliphatic heterocycles. The number of ether oxygens (including phenoxy) is 4. The number of likely N-dealkylation sites (tertiary alicyclic amines) is 1. The molecule has 2 heterocycles. The van der Waals surface area contributed by atoms with E-state index < -0.39 is 60.2 Å². The SMILES string of the molecule is COC1CN(Cc2ccc3cc4c(c(OC(=O)OC(C)(C)C)c3c2)C(O)=C2C(=O)[C@]3(O[Si](C)(C)C(C)(C)C)C(=O)c5c(OCc6ccccc6)noc5[C@@H](N(C)C)[C@@H]3C[C@@H]2C4)C1. The van der Waals surface area contributed by atoms with E-state index in [1.165, 1.54) is 0 Å². The number of fused-ring (bicyclic) bond motifs is 5. The van der Waals surface area contributed by atoms with Gasteiger partial charge in [0.2, 0.25) is 11.6 Å². The lowest BCUT2D eigenvalue weighted by Gasteiger charge is -2.55. The van der Waals surface area contributed by atoms with Gasteiger partial charge in [0.05, 0.1) is 17.7 Å². The number of rotatable bonds is 10. The number of hydrogen-bond donors (Lipinski definition) is 1. The van der Waals surface area contributed by atoms with Crippen molar-refractivity contribution in [3.05, 3.63) is 93.7 Å². The number of aliphatic hydroxyl groups excluding tert-OH is 1. The Balaban J connectivity index is 1.30. The number of carbonyl (C=O) groups is 3. The van der Waals surface area contributed by atoms with E-state index in [1.807, 2.05) is 80.6 Å². The van der Waals surface area contributed by atoms with Gasteiger partial charge in [-0.3, -0.25) is 19.4 Å². The summed E-state index contributed by atoms with van der Waals surface area (Å²) in [7, 11) is 2.51. The molecule has 0 bridgehead atoms. The van der Waals surface area contributed by atoms with Crippen LogP contribution in [0.3, 0.4) is 0 Å². The highest BCUT2D eigenvalue weighted by molar-refractivity contribution is 6.74. The molecule has 0 unspecified atom stereocenters. The second-order valence-electron chi connectivity index (χ2n) is 20.1. The van der Waals surface area contributed by atoms with Crippen LogP contribution in [0, 0.1) is 11.8 Å². The number of nitrogens with zero attached hydrogens (tertiary/aromatic N) is 3. The lowest BCUT2D eigenvalue weighted by atomic mass is 9.57. The van der Waals surface area contributed by atoms with Crippen molar-refractivity contribution in [1.29, 1.82) is 0 Å². The van der Waals surface area contributed by atoms with E-state index in [2.05, 4.69) is 36.9 Å². The first-order valence-corrected chi connectivity index (χ1v) is 24.3. The van der Waals surface area contributed by atoms with E-state index in [9.17, 15) is 9.90 Å². The average Bonchev–Trinajstić information content (AvgIpc) is 3.58. The van der Waals surface area contributed by atoms with Crippen molar-refractivity contribution in [1.82, 2.24) is 15.0 Å². The molecule has 1 aromatic heterocycles. The van der Waals surface area contributed by atoms with Gasteiger partial charge in [-0.15, -0.1) is 0 Å². The molecule has 13 nitrogen and oxygen atoms in total. The molecule has 3 aliphatic carbocycles. The van der Waals surface area contributed by atoms with E-state index in [0.29, 0.717) is 36.1 Å². The first-order valence-electron chi connectivity index (χ1n) is 21.4. The smallest absolute Gasteiger partial charge is 0.507 e. The fourth-order valence-electron chi connectivity index (χ4n) is 9.37. The lowest BCUT2D eigenvalue weighted by molar-refractivity contribution is -0.140. The Morgan fingerprint density at radius 2 is 1.69 bits per heavy atom. The molecule has 1 saturated heterocycles. The third-order valence-electron chi connectivity index (χ3n) is 13.4. The Bertz CT molecular complexity index is 2460. The minimum Gasteiger partial charge on any atom is -0.507 e. The second-order valence-corrected chi connectivity index (χ2v) is 24.8. The topological polar surface area (TPSA) is 150 Å². The lowest BCUT2D eigenvalue weighted by Crippen LogP contribution is -2.68. The van der Waals surface area contributed by atoms with Crippen molar-refractivity contribution in [3.8, 4) is 11.6 Å². The summed E-state index contributed by atoms with van der Waals surface area (Å²) in [4.78, 5) is 49.4. The van der Waals surface area contributed by atoms with Gasteiger partial charge < -0.3 is 33.0 Å². The number of aromatic nitrogens is 1. The van der Waals surface area contributed by atoms with E-state index in [1.54, 1.807) is 27.9 Å².